The highest BCUT2D eigenvalue weighted by molar-refractivity contribution is 5.97. The first-order valence-corrected chi connectivity index (χ1v) is 9.20. The van der Waals surface area contributed by atoms with Crippen LogP contribution in [-0.2, 0) is 0 Å². The van der Waals surface area contributed by atoms with Crippen LogP contribution in [0.4, 0.5) is 4.39 Å². The molecule has 7 heteroatoms. The molecular formula is C21H21FN4O2. The number of pyridine rings is 1. The number of benzene rings is 1. The lowest BCUT2D eigenvalue weighted by atomic mass is 9.95. The predicted octanol–water partition coefficient (Wildman–Crippen LogP) is 3.09. The standard InChI is InChI=1S/C21H21FN4O2/c1-21(22)7-10-25(11-8-21)20(28)16-12-15-6-9-26(19(15)24-13-16)17-4-2-14(3-5-17)18(23)27/h2-6,9,12-13H,7-8,10-11H2,1H3,(H2,23,27). The van der Waals surface area contributed by atoms with Crippen LogP contribution in [0.15, 0.2) is 48.8 Å². The van der Waals surface area contributed by atoms with Crippen molar-refractivity contribution in [3.05, 3.63) is 59.9 Å². The Morgan fingerprint density at radius 2 is 1.79 bits per heavy atom. The van der Waals surface area contributed by atoms with Crippen LogP contribution in [-0.4, -0.2) is 45.0 Å². The van der Waals surface area contributed by atoms with Gasteiger partial charge in [-0.15, -0.1) is 0 Å². The van der Waals surface area contributed by atoms with E-state index in [0.717, 1.165) is 11.1 Å². The molecule has 1 saturated heterocycles. The molecule has 1 aliphatic heterocycles. The molecule has 0 spiro atoms. The zero-order chi connectivity index (χ0) is 19.9. The van der Waals surface area contributed by atoms with Gasteiger partial charge in [0.05, 0.1) is 5.56 Å². The summed E-state index contributed by atoms with van der Waals surface area (Å²) in [6.45, 7) is 2.41. The minimum Gasteiger partial charge on any atom is -0.366 e. The molecule has 1 fully saturated rings. The number of carbonyl (C=O) groups excluding carboxylic acids is 2. The third-order valence-electron chi connectivity index (χ3n) is 5.30. The zero-order valence-electron chi connectivity index (χ0n) is 15.6. The molecule has 0 saturated carbocycles. The zero-order valence-corrected chi connectivity index (χ0v) is 15.6. The van der Waals surface area contributed by atoms with Crippen molar-refractivity contribution in [2.24, 2.45) is 5.73 Å². The van der Waals surface area contributed by atoms with Crippen molar-refractivity contribution in [2.45, 2.75) is 25.4 Å². The van der Waals surface area contributed by atoms with Gasteiger partial charge in [0, 0.05) is 42.1 Å². The fourth-order valence-electron chi connectivity index (χ4n) is 3.49. The summed E-state index contributed by atoms with van der Waals surface area (Å²) >= 11 is 0. The van der Waals surface area contributed by atoms with Crippen LogP contribution in [0.2, 0.25) is 0 Å². The Labute approximate surface area is 161 Å². The van der Waals surface area contributed by atoms with Gasteiger partial charge in [0.1, 0.15) is 11.3 Å². The van der Waals surface area contributed by atoms with Crippen molar-refractivity contribution in [2.75, 3.05) is 13.1 Å². The quantitative estimate of drug-likeness (QED) is 0.758. The second-order valence-electron chi connectivity index (χ2n) is 7.44. The average Bonchev–Trinajstić information content (AvgIpc) is 3.10. The van der Waals surface area contributed by atoms with E-state index in [0.29, 0.717) is 42.7 Å². The number of aromatic nitrogens is 2. The topological polar surface area (TPSA) is 81.2 Å². The van der Waals surface area contributed by atoms with Crippen LogP contribution < -0.4 is 5.73 Å². The Kier molecular flexibility index (Phi) is 4.37. The van der Waals surface area contributed by atoms with E-state index in [2.05, 4.69) is 4.98 Å². The maximum atomic E-state index is 14.0. The second kappa shape index (κ2) is 6.74. The van der Waals surface area contributed by atoms with Gasteiger partial charge in [0.15, 0.2) is 0 Å². The molecule has 3 aromatic rings. The first-order chi connectivity index (χ1) is 13.3. The van der Waals surface area contributed by atoms with E-state index in [-0.39, 0.29) is 5.91 Å². The number of carbonyl (C=O) groups is 2. The molecule has 0 radical (unpaired) electrons. The molecule has 1 aliphatic rings. The Hall–Kier alpha value is -3.22. The van der Waals surface area contributed by atoms with E-state index in [1.165, 1.54) is 0 Å². The van der Waals surface area contributed by atoms with Gasteiger partial charge in [0.2, 0.25) is 5.91 Å². The lowest BCUT2D eigenvalue weighted by Gasteiger charge is -2.34. The first kappa shape index (κ1) is 18.2. The molecule has 2 amide bonds. The number of hydrogen-bond donors (Lipinski definition) is 1. The Balaban J connectivity index is 1.59. The van der Waals surface area contributed by atoms with Crippen LogP contribution in [0.5, 0.6) is 0 Å². The van der Waals surface area contributed by atoms with Crippen molar-refractivity contribution in [1.29, 1.82) is 0 Å². The first-order valence-electron chi connectivity index (χ1n) is 9.20. The predicted molar refractivity (Wildman–Crippen MR) is 104 cm³/mol. The fraction of sp³-hybridized carbons (Fsp3) is 0.286. The van der Waals surface area contributed by atoms with Crippen molar-refractivity contribution in [1.82, 2.24) is 14.5 Å². The summed E-state index contributed by atoms with van der Waals surface area (Å²) < 4.78 is 15.9. The van der Waals surface area contributed by atoms with Gasteiger partial charge in [-0.3, -0.25) is 9.59 Å². The molecule has 0 aliphatic carbocycles. The lowest BCUT2D eigenvalue weighted by Crippen LogP contribution is -2.43. The number of primary amides is 1. The summed E-state index contributed by atoms with van der Waals surface area (Å²) in [5.41, 5.74) is 6.56. The highest BCUT2D eigenvalue weighted by Crippen LogP contribution is 2.27. The van der Waals surface area contributed by atoms with Gasteiger partial charge in [-0.1, -0.05) is 0 Å². The summed E-state index contributed by atoms with van der Waals surface area (Å²) in [7, 11) is 0. The molecule has 6 nitrogen and oxygen atoms in total. The normalized spacial score (nSPS) is 16.3. The summed E-state index contributed by atoms with van der Waals surface area (Å²) in [5, 5.41) is 0.831. The SMILES string of the molecule is CC1(F)CCN(C(=O)c2cnc3c(ccn3-c3ccc(C(N)=O)cc3)c2)CC1. The minimum absolute atomic E-state index is 0.122. The average molecular weight is 380 g/mol. The highest BCUT2D eigenvalue weighted by atomic mass is 19.1. The molecule has 3 heterocycles. The third kappa shape index (κ3) is 3.35. The van der Waals surface area contributed by atoms with Crippen molar-refractivity contribution in [3.8, 4) is 5.69 Å². The highest BCUT2D eigenvalue weighted by Gasteiger charge is 2.31. The number of hydrogen-bond acceptors (Lipinski definition) is 3. The number of alkyl halides is 1. The number of halogens is 1. The minimum atomic E-state index is -1.19. The molecule has 0 bridgehead atoms. The monoisotopic (exact) mass is 380 g/mol. The van der Waals surface area contributed by atoms with E-state index < -0.39 is 11.6 Å². The molecule has 2 N–H and O–H groups in total. The Bertz CT molecular complexity index is 1050. The number of nitrogens with zero attached hydrogens (tertiary/aromatic N) is 3. The van der Waals surface area contributed by atoms with Crippen molar-refractivity contribution in [3.63, 3.8) is 0 Å². The van der Waals surface area contributed by atoms with E-state index in [4.69, 9.17) is 5.73 Å². The van der Waals surface area contributed by atoms with Crippen molar-refractivity contribution < 1.29 is 14.0 Å². The number of amides is 2. The number of rotatable bonds is 3. The van der Waals surface area contributed by atoms with Gasteiger partial charge in [-0.25, -0.2) is 9.37 Å². The van der Waals surface area contributed by atoms with Crippen LogP contribution in [0.25, 0.3) is 16.7 Å². The Morgan fingerprint density at radius 1 is 1.11 bits per heavy atom. The number of nitrogens with two attached hydrogens (primary N) is 1. The molecule has 144 valence electrons. The summed E-state index contributed by atoms with van der Waals surface area (Å²) in [6, 6.07) is 10.6. The molecular weight excluding hydrogens is 359 g/mol. The maximum absolute atomic E-state index is 14.0. The third-order valence-corrected chi connectivity index (χ3v) is 5.30. The van der Waals surface area contributed by atoms with E-state index in [1.54, 1.807) is 42.3 Å². The van der Waals surface area contributed by atoms with Crippen LogP contribution in [0.3, 0.4) is 0 Å². The van der Waals surface area contributed by atoms with Gasteiger partial charge < -0.3 is 15.2 Å². The van der Waals surface area contributed by atoms with Crippen LogP contribution in [0.1, 0.15) is 40.5 Å². The fourth-order valence-corrected chi connectivity index (χ4v) is 3.49. The smallest absolute Gasteiger partial charge is 0.255 e. The lowest BCUT2D eigenvalue weighted by molar-refractivity contribution is 0.0503. The van der Waals surface area contributed by atoms with Crippen molar-refractivity contribution >= 4 is 22.8 Å². The maximum Gasteiger partial charge on any atom is 0.255 e. The van der Waals surface area contributed by atoms with Crippen LogP contribution >= 0.6 is 0 Å². The number of fused-ring (bicyclic) bond motifs is 1. The van der Waals surface area contributed by atoms with Gasteiger partial charge in [-0.2, -0.15) is 0 Å². The summed E-state index contributed by atoms with van der Waals surface area (Å²) in [4.78, 5) is 30.1. The second-order valence-corrected chi connectivity index (χ2v) is 7.44. The Morgan fingerprint density at radius 3 is 2.43 bits per heavy atom. The molecule has 28 heavy (non-hydrogen) atoms. The molecule has 0 atom stereocenters. The van der Waals surface area contributed by atoms with Crippen LogP contribution in [0, 0.1) is 0 Å². The van der Waals surface area contributed by atoms with E-state index >= 15 is 0 Å². The van der Waals surface area contributed by atoms with Gasteiger partial charge in [0.25, 0.3) is 5.91 Å². The summed E-state index contributed by atoms with van der Waals surface area (Å²) in [5.74, 6) is -0.598. The van der Waals surface area contributed by atoms with E-state index in [9.17, 15) is 14.0 Å². The van der Waals surface area contributed by atoms with Gasteiger partial charge >= 0.3 is 0 Å². The molecule has 1 aromatic carbocycles. The number of likely N-dealkylation sites (tertiary alicyclic amines) is 1. The van der Waals surface area contributed by atoms with Gasteiger partial charge in [-0.05, 0) is 56.2 Å². The largest absolute Gasteiger partial charge is 0.366 e. The molecule has 4 rings (SSSR count). The molecule has 2 aromatic heterocycles. The molecule has 0 unspecified atom stereocenters. The summed E-state index contributed by atoms with van der Waals surface area (Å²) in [6.07, 6.45) is 4.13. The van der Waals surface area contributed by atoms with E-state index in [1.807, 2.05) is 22.9 Å². The number of piperidine rings is 1.